The molecule has 0 aliphatic carbocycles. The Balaban J connectivity index is 1.73. The van der Waals surface area contributed by atoms with Gasteiger partial charge in [0.25, 0.3) is 0 Å². The third-order valence-electron chi connectivity index (χ3n) is 3.14. The molecule has 23 heavy (non-hydrogen) atoms. The van der Waals surface area contributed by atoms with Crippen LogP contribution in [0.15, 0.2) is 54.7 Å². The van der Waals surface area contributed by atoms with E-state index in [-0.39, 0.29) is 5.82 Å². The summed E-state index contributed by atoms with van der Waals surface area (Å²) in [5.41, 5.74) is 1.59. The van der Waals surface area contributed by atoms with Crippen LogP contribution in [0.3, 0.4) is 0 Å². The normalized spacial score (nSPS) is 10.9. The van der Waals surface area contributed by atoms with Crippen molar-refractivity contribution in [2.45, 2.75) is 0 Å². The zero-order chi connectivity index (χ0) is 16.1. The van der Waals surface area contributed by atoms with Gasteiger partial charge in [-0.1, -0.05) is 0 Å². The first-order valence-corrected chi connectivity index (χ1v) is 6.88. The van der Waals surface area contributed by atoms with Gasteiger partial charge in [0.2, 0.25) is 0 Å². The average Bonchev–Trinajstić information content (AvgIpc) is 3.05. The molecule has 0 aliphatic rings. The molecule has 2 aromatic carbocycles. The van der Waals surface area contributed by atoms with Gasteiger partial charge in [0.05, 0.1) is 12.8 Å². The summed E-state index contributed by atoms with van der Waals surface area (Å²) >= 11 is 0. The molecular formula is C16H14FN5O. The number of tetrazole rings is 1. The lowest BCUT2D eigenvalue weighted by Gasteiger charge is -2.03. The molecule has 3 aromatic rings. The Morgan fingerprint density at radius 1 is 1.09 bits per heavy atom. The number of rotatable bonds is 5. The van der Waals surface area contributed by atoms with Crippen molar-refractivity contribution >= 4 is 11.8 Å². The molecule has 1 heterocycles. The third-order valence-corrected chi connectivity index (χ3v) is 3.14. The summed E-state index contributed by atoms with van der Waals surface area (Å²) in [6, 6.07) is 13.5. The van der Waals surface area contributed by atoms with Crippen LogP contribution >= 0.6 is 0 Å². The van der Waals surface area contributed by atoms with E-state index in [0.717, 1.165) is 11.4 Å². The lowest BCUT2D eigenvalue weighted by atomic mass is 10.3. The fraction of sp³-hybridized carbons (Fsp3) is 0.0625. The van der Waals surface area contributed by atoms with Crippen molar-refractivity contribution in [3.05, 3.63) is 66.4 Å². The van der Waals surface area contributed by atoms with E-state index in [0.29, 0.717) is 11.5 Å². The number of nitrogens with zero attached hydrogens (tertiary/aromatic N) is 4. The quantitative estimate of drug-likeness (QED) is 0.785. The van der Waals surface area contributed by atoms with Crippen LogP contribution in [-0.4, -0.2) is 27.3 Å². The molecule has 0 saturated heterocycles. The largest absolute Gasteiger partial charge is 0.497 e. The van der Waals surface area contributed by atoms with Crippen LogP contribution in [-0.2, 0) is 0 Å². The number of methoxy groups -OCH3 is 1. The molecule has 0 spiro atoms. The van der Waals surface area contributed by atoms with Crippen molar-refractivity contribution < 1.29 is 9.13 Å². The second kappa shape index (κ2) is 6.69. The highest BCUT2D eigenvalue weighted by Crippen LogP contribution is 2.15. The molecule has 0 bridgehead atoms. The van der Waals surface area contributed by atoms with Gasteiger partial charge in [-0.15, -0.1) is 5.10 Å². The average molecular weight is 311 g/mol. The second-order valence-corrected chi connectivity index (χ2v) is 4.63. The van der Waals surface area contributed by atoms with Gasteiger partial charge < -0.3 is 10.1 Å². The van der Waals surface area contributed by atoms with Crippen molar-refractivity contribution in [1.29, 1.82) is 0 Å². The van der Waals surface area contributed by atoms with Crippen LogP contribution in [0, 0.1) is 5.82 Å². The first-order valence-electron chi connectivity index (χ1n) is 6.88. The smallest absolute Gasteiger partial charge is 0.181 e. The van der Waals surface area contributed by atoms with E-state index in [4.69, 9.17) is 4.74 Å². The Morgan fingerprint density at radius 3 is 2.52 bits per heavy atom. The van der Waals surface area contributed by atoms with Crippen LogP contribution in [0.1, 0.15) is 5.82 Å². The van der Waals surface area contributed by atoms with E-state index < -0.39 is 0 Å². The number of nitrogens with one attached hydrogen (secondary N) is 1. The van der Waals surface area contributed by atoms with E-state index in [2.05, 4.69) is 20.8 Å². The first kappa shape index (κ1) is 14.7. The highest BCUT2D eigenvalue weighted by Gasteiger charge is 2.05. The summed E-state index contributed by atoms with van der Waals surface area (Å²) in [6.45, 7) is 0. The van der Waals surface area contributed by atoms with Gasteiger partial charge in [0.15, 0.2) is 5.82 Å². The number of ether oxygens (including phenoxy) is 1. The lowest BCUT2D eigenvalue weighted by Crippen LogP contribution is -2.00. The first-order chi connectivity index (χ1) is 11.3. The van der Waals surface area contributed by atoms with Crippen LogP contribution in [0.2, 0.25) is 0 Å². The Labute approximate surface area is 132 Å². The van der Waals surface area contributed by atoms with E-state index in [9.17, 15) is 4.39 Å². The number of halogens is 1. The van der Waals surface area contributed by atoms with E-state index in [1.54, 1.807) is 31.5 Å². The number of hydrogen-bond acceptors (Lipinski definition) is 5. The Hall–Kier alpha value is -3.22. The van der Waals surface area contributed by atoms with Crippen LogP contribution in [0.5, 0.6) is 5.75 Å². The minimum atomic E-state index is -0.305. The second-order valence-electron chi connectivity index (χ2n) is 4.63. The number of benzene rings is 2. The predicted octanol–water partition coefficient (Wildman–Crippen LogP) is 2.89. The van der Waals surface area contributed by atoms with Crippen molar-refractivity contribution in [2.24, 2.45) is 0 Å². The number of aromatic nitrogens is 4. The van der Waals surface area contributed by atoms with Gasteiger partial charge >= 0.3 is 0 Å². The predicted molar refractivity (Wildman–Crippen MR) is 84.8 cm³/mol. The molecule has 7 heteroatoms. The summed E-state index contributed by atoms with van der Waals surface area (Å²) in [7, 11) is 1.62. The van der Waals surface area contributed by atoms with Gasteiger partial charge in [0.1, 0.15) is 11.6 Å². The van der Waals surface area contributed by atoms with Crippen LogP contribution < -0.4 is 10.1 Å². The minimum Gasteiger partial charge on any atom is -0.497 e. The molecule has 0 unspecified atom stereocenters. The Bertz CT molecular complexity index is 796. The molecule has 116 valence electrons. The van der Waals surface area contributed by atoms with Crippen molar-refractivity contribution in [3.8, 4) is 11.4 Å². The van der Waals surface area contributed by atoms with Gasteiger partial charge in [-0.05, 0) is 59.0 Å². The summed E-state index contributed by atoms with van der Waals surface area (Å²) in [4.78, 5) is 0. The molecule has 1 aromatic heterocycles. The maximum atomic E-state index is 13.0. The molecule has 0 radical (unpaired) electrons. The molecule has 0 fully saturated rings. The summed E-state index contributed by atoms with van der Waals surface area (Å²) in [6.07, 6.45) is 3.46. The van der Waals surface area contributed by atoms with Gasteiger partial charge in [0, 0.05) is 18.0 Å². The lowest BCUT2D eigenvalue weighted by molar-refractivity contribution is 0.415. The number of hydrogen-bond donors (Lipinski definition) is 1. The zero-order valence-corrected chi connectivity index (χ0v) is 12.3. The fourth-order valence-corrected chi connectivity index (χ4v) is 1.96. The summed E-state index contributed by atoms with van der Waals surface area (Å²) in [5, 5.41) is 14.6. The van der Waals surface area contributed by atoms with Gasteiger partial charge in [-0.3, -0.25) is 0 Å². The van der Waals surface area contributed by atoms with E-state index in [1.165, 1.54) is 16.8 Å². The fourth-order valence-electron chi connectivity index (χ4n) is 1.96. The van der Waals surface area contributed by atoms with Gasteiger partial charge in [-0.25, -0.2) is 4.39 Å². The molecule has 6 nitrogen and oxygen atoms in total. The van der Waals surface area contributed by atoms with Crippen molar-refractivity contribution in [2.75, 3.05) is 12.4 Å². The molecule has 0 saturated carbocycles. The van der Waals surface area contributed by atoms with Gasteiger partial charge in [-0.2, -0.15) is 4.68 Å². The molecule has 0 aliphatic heterocycles. The number of anilines is 1. The SMILES string of the molecule is COc1ccc(NC=Cc2nnnn2-c2ccc(F)cc2)cc1. The van der Waals surface area contributed by atoms with E-state index in [1.807, 2.05) is 24.3 Å². The molecule has 0 atom stereocenters. The third kappa shape index (κ3) is 3.52. The van der Waals surface area contributed by atoms with Crippen molar-refractivity contribution in [3.63, 3.8) is 0 Å². The monoisotopic (exact) mass is 311 g/mol. The molecular weight excluding hydrogens is 297 g/mol. The highest BCUT2D eigenvalue weighted by molar-refractivity contribution is 5.53. The maximum absolute atomic E-state index is 13.0. The Morgan fingerprint density at radius 2 is 1.83 bits per heavy atom. The summed E-state index contributed by atoms with van der Waals surface area (Å²) < 4.78 is 19.6. The van der Waals surface area contributed by atoms with Crippen LogP contribution in [0.4, 0.5) is 10.1 Å². The van der Waals surface area contributed by atoms with E-state index >= 15 is 0 Å². The molecule has 0 amide bonds. The molecule has 3 rings (SSSR count). The highest BCUT2D eigenvalue weighted by atomic mass is 19.1. The standard InChI is InChI=1S/C16H14FN5O/c1-23-15-8-4-13(5-9-15)18-11-10-16-19-20-21-22(16)14-6-2-12(17)3-7-14/h2-11,18H,1H3. The summed E-state index contributed by atoms with van der Waals surface area (Å²) in [5.74, 6) is 1.01. The van der Waals surface area contributed by atoms with Crippen molar-refractivity contribution in [1.82, 2.24) is 20.2 Å². The Kier molecular flexibility index (Phi) is 4.28. The zero-order valence-electron chi connectivity index (χ0n) is 12.3. The minimum absolute atomic E-state index is 0.305. The maximum Gasteiger partial charge on any atom is 0.181 e. The molecule has 1 N–H and O–H groups in total. The topological polar surface area (TPSA) is 64.9 Å². The van der Waals surface area contributed by atoms with Crippen LogP contribution in [0.25, 0.3) is 11.8 Å².